The van der Waals surface area contributed by atoms with Crippen molar-refractivity contribution < 1.29 is 0 Å². The van der Waals surface area contributed by atoms with Crippen molar-refractivity contribution in [2.75, 3.05) is 0 Å². The monoisotopic (exact) mass is 345 g/mol. The van der Waals surface area contributed by atoms with Gasteiger partial charge in [0.2, 0.25) is 0 Å². The molecule has 3 aromatic carbocycles. The molecule has 0 unspecified atom stereocenters. The zero-order chi connectivity index (χ0) is 17.8. The minimum Gasteiger partial charge on any atom is -0.292 e. The second-order valence-corrected chi connectivity index (χ2v) is 6.77. The molecule has 0 atom stereocenters. The number of aromatic nitrogens is 3. The van der Waals surface area contributed by atoms with Crippen molar-refractivity contribution >= 4 is 38.4 Å². The molecule has 126 valence electrons. The number of benzene rings is 3. The summed E-state index contributed by atoms with van der Waals surface area (Å²) in [5, 5.41) is 3.63. The highest BCUT2D eigenvalue weighted by Crippen LogP contribution is 2.34. The zero-order valence-corrected chi connectivity index (χ0v) is 14.5. The number of fused-ring (bicyclic) bond motifs is 8. The maximum Gasteiger partial charge on any atom is 0.146 e. The Morgan fingerprint density at radius 1 is 0.593 bits per heavy atom. The summed E-state index contributed by atoms with van der Waals surface area (Å²) in [6.45, 7) is 0. The number of hydrogen-bond donors (Lipinski definition) is 0. The molecule has 0 spiro atoms. The normalized spacial score (nSPS) is 11.7. The van der Waals surface area contributed by atoms with Crippen LogP contribution in [0.1, 0.15) is 0 Å². The summed E-state index contributed by atoms with van der Waals surface area (Å²) >= 11 is 0. The maximum atomic E-state index is 4.95. The maximum absolute atomic E-state index is 4.95. The third-order valence-corrected chi connectivity index (χ3v) is 5.27. The summed E-state index contributed by atoms with van der Waals surface area (Å²) in [4.78, 5) is 9.08. The Hall–Kier alpha value is -3.72. The van der Waals surface area contributed by atoms with Gasteiger partial charge in [-0.3, -0.25) is 9.38 Å². The smallest absolute Gasteiger partial charge is 0.146 e. The van der Waals surface area contributed by atoms with E-state index >= 15 is 0 Å². The van der Waals surface area contributed by atoms with Crippen LogP contribution in [0.5, 0.6) is 0 Å². The van der Waals surface area contributed by atoms with Crippen LogP contribution in [-0.2, 0) is 0 Å². The first-order valence-electron chi connectivity index (χ1n) is 9.02. The molecule has 0 N–H and O–H groups in total. The van der Waals surface area contributed by atoms with Crippen LogP contribution in [0.4, 0.5) is 0 Å². The van der Waals surface area contributed by atoms with Gasteiger partial charge < -0.3 is 0 Å². The lowest BCUT2D eigenvalue weighted by atomic mass is 10.00. The van der Waals surface area contributed by atoms with Gasteiger partial charge in [-0.05, 0) is 59.0 Å². The van der Waals surface area contributed by atoms with Crippen LogP contribution in [0.2, 0.25) is 0 Å². The van der Waals surface area contributed by atoms with Crippen molar-refractivity contribution in [3.05, 3.63) is 91.3 Å². The predicted octanol–water partition coefficient (Wildman–Crippen LogP) is 5.86. The molecule has 27 heavy (non-hydrogen) atoms. The average Bonchev–Trinajstić information content (AvgIpc) is 3.14. The van der Waals surface area contributed by atoms with Gasteiger partial charge in [-0.2, -0.15) is 0 Å². The van der Waals surface area contributed by atoms with E-state index < -0.39 is 0 Å². The quantitative estimate of drug-likeness (QED) is 0.350. The summed E-state index contributed by atoms with van der Waals surface area (Å²) in [6, 6.07) is 27.6. The van der Waals surface area contributed by atoms with Gasteiger partial charge in [-0.15, -0.1) is 0 Å². The highest BCUT2D eigenvalue weighted by molar-refractivity contribution is 6.14. The lowest BCUT2D eigenvalue weighted by Gasteiger charge is -2.10. The summed E-state index contributed by atoms with van der Waals surface area (Å²) in [5.74, 6) is 0. The lowest BCUT2D eigenvalue weighted by molar-refractivity contribution is 1.31. The van der Waals surface area contributed by atoms with Crippen molar-refractivity contribution in [2.24, 2.45) is 0 Å². The molecule has 0 fully saturated rings. The van der Waals surface area contributed by atoms with Gasteiger partial charge in [0.1, 0.15) is 5.65 Å². The van der Waals surface area contributed by atoms with Crippen LogP contribution >= 0.6 is 0 Å². The Morgan fingerprint density at radius 3 is 2.26 bits per heavy atom. The molecule has 0 aliphatic heterocycles. The fourth-order valence-corrected chi connectivity index (χ4v) is 4.03. The number of hydrogen-bond acceptors (Lipinski definition) is 2. The van der Waals surface area contributed by atoms with Crippen LogP contribution in [0, 0.1) is 0 Å². The summed E-state index contributed by atoms with van der Waals surface area (Å²) in [6.07, 6.45) is 3.67. The van der Waals surface area contributed by atoms with E-state index in [1.54, 1.807) is 0 Å². The topological polar surface area (TPSA) is 30.2 Å². The molecule has 3 aromatic heterocycles. The molecule has 3 heteroatoms. The number of imidazole rings is 1. The molecule has 0 saturated heterocycles. The van der Waals surface area contributed by atoms with Crippen molar-refractivity contribution in [2.45, 2.75) is 0 Å². The van der Waals surface area contributed by atoms with E-state index in [4.69, 9.17) is 4.98 Å². The Bertz CT molecular complexity index is 1460. The van der Waals surface area contributed by atoms with Gasteiger partial charge in [0.15, 0.2) is 0 Å². The van der Waals surface area contributed by atoms with Gasteiger partial charge >= 0.3 is 0 Å². The van der Waals surface area contributed by atoms with Gasteiger partial charge in [0.25, 0.3) is 0 Å². The molecule has 0 bridgehead atoms. The molecule has 0 radical (unpaired) electrons. The Balaban J connectivity index is 1.83. The van der Waals surface area contributed by atoms with Crippen LogP contribution in [-0.4, -0.2) is 14.4 Å². The number of pyridine rings is 2. The minimum absolute atomic E-state index is 1.01. The first kappa shape index (κ1) is 14.4. The van der Waals surface area contributed by atoms with E-state index in [1.807, 2.05) is 30.6 Å². The Labute approximate surface area is 155 Å². The number of nitrogens with zero attached hydrogens (tertiary/aromatic N) is 3. The lowest BCUT2D eigenvalue weighted by Crippen LogP contribution is -1.91. The Morgan fingerprint density at radius 2 is 1.37 bits per heavy atom. The highest BCUT2D eigenvalue weighted by Gasteiger charge is 2.13. The summed E-state index contributed by atoms with van der Waals surface area (Å²) < 4.78 is 2.28. The third kappa shape index (κ3) is 2.02. The molecule has 0 aliphatic carbocycles. The second-order valence-electron chi connectivity index (χ2n) is 6.77. The first-order valence-corrected chi connectivity index (χ1v) is 9.02. The van der Waals surface area contributed by atoms with Crippen LogP contribution < -0.4 is 0 Å². The molecule has 0 aliphatic rings. The summed E-state index contributed by atoms with van der Waals surface area (Å²) in [5.41, 5.74) is 6.71. The van der Waals surface area contributed by atoms with Crippen molar-refractivity contribution in [1.29, 1.82) is 0 Å². The summed E-state index contributed by atoms with van der Waals surface area (Å²) in [7, 11) is 0. The van der Waals surface area contributed by atoms with Crippen LogP contribution in [0.25, 0.3) is 49.5 Å². The minimum atomic E-state index is 1.01. The first-order chi connectivity index (χ1) is 13.4. The fraction of sp³-hybridized carbons (Fsp3) is 0. The molecular formula is C24H15N3. The average molecular weight is 345 g/mol. The van der Waals surface area contributed by atoms with Crippen LogP contribution in [0.15, 0.2) is 91.3 Å². The molecule has 0 saturated carbocycles. The molecule has 6 aromatic rings. The van der Waals surface area contributed by atoms with E-state index in [1.165, 1.54) is 32.8 Å². The van der Waals surface area contributed by atoms with E-state index in [0.717, 1.165) is 16.7 Å². The largest absolute Gasteiger partial charge is 0.292 e. The van der Waals surface area contributed by atoms with Gasteiger partial charge in [-0.1, -0.05) is 36.4 Å². The van der Waals surface area contributed by atoms with Crippen molar-refractivity contribution in [3.8, 4) is 11.1 Å². The van der Waals surface area contributed by atoms with E-state index in [-0.39, 0.29) is 0 Å². The van der Waals surface area contributed by atoms with E-state index in [9.17, 15) is 0 Å². The van der Waals surface area contributed by atoms with Crippen molar-refractivity contribution in [3.63, 3.8) is 0 Å². The third-order valence-electron chi connectivity index (χ3n) is 5.27. The SMILES string of the molecule is c1ccc2c(c1)nc1c3ccc(-c4ccncc4)cc3c3ccccc3n21. The van der Waals surface area contributed by atoms with Gasteiger partial charge in [0, 0.05) is 23.2 Å². The van der Waals surface area contributed by atoms with E-state index in [2.05, 4.69) is 70.0 Å². The predicted molar refractivity (Wildman–Crippen MR) is 111 cm³/mol. The molecular weight excluding hydrogens is 330 g/mol. The molecule has 3 nitrogen and oxygen atoms in total. The standard InChI is InChI=1S/C24H15N3/c1-3-7-22-18(5-1)20-15-17(16-11-13-25-14-12-16)9-10-19(20)24-26-21-6-2-4-8-23(21)27(22)24/h1-15H. The second kappa shape index (κ2) is 5.39. The van der Waals surface area contributed by atoms with Crippen LogP contribution in [0.3, 0.4) is 0 Å². The van der Waals surface area contributed by atoms with E-state index in [0.29, 0.717) is 0 Å². The molecule has 3 heterocycles. The van der Waals surface area contributed by atoms with Gasteiger partial charge in [-0.25, -0.2) is 4.98 Å². The Kier molecular flexibility index (Phi) is 2.88. The molecule has 6 rings (SSSR count). The van der Waals surface area contributed by atoms with Gasteiger partial charge in [0.05, 0.1) is 16.6 Å². The number of rotatable bonds is 1. The number of para-hydroxylation sites is 3. The fourth-order valence-electron chi connectivity index (χ4n) is 4.03. The zero-order valence-electron chi connectivity index (χ0n) is 14.5. The molecule has 0 amide bonds. The van der Waals surface area contributed by atoms with Crippen molar-refractivity contribution in [1.82, 2.24) is 14.4 Å². The highest BCUT2D eigenvalue weighted by atomic mass is 15.0.